The average Bonchev–Trinajstić information content (AvgIpc) is 3.32. The molecule has 0 radical (unpaired) electrons. The largest absolute Gasteiger partial charge is 0.504 e. The van der Waals surface area contributed by atoms with Crippen LogP contribution in [-0.2, 0) is 9.53 Å². The number of methoxy groups -OCH3 is 3. The SMILES string of the molecule is CCOC(=O)C1=C(c2ccccc2)N=c2s/c(=C\c3cc(Br)cc(OC)c3O)c(=O)n2[C@H]1c1ccc(OC)c(OC)c1. The molecule has 0 fully saturated rings. The van der Waals surface area contributed by atoms with Crippen LogP contribution in [0.3, 0.4) is 0 Å². The predicted octanol–water partition coefficient (Wildman–Crippen LogP) is 4.43. The molecule has 1 N–H and O–H groups in total. The number of ether oxygens (including phenoxy) is 4. The highest BCUT2D eigenvalue weighted by atomic mass is 79.9. The third-order valence-corrected chi connectivity index (χ3v) is 8.11. The van der Waals surface area contributed by atoms with Crippen molar-refractivity contribution >= 4 is 45.0 Å². The smallest absolute Gasteiger partial charge is 0.338 e. The molecule has 2 heterocycles. The van der Waals surface area contributed by atoms with E-state index in [1.165, 1.54) is 25.9 Å². The summed E-state index contributed by atoms with van der Waals surface area (Å²) in [6, 6.07) is 16.9. The fraction of sp³-hybridized carbons (Fsp3) is 0.194. The molecular formula is C31H27BrN2O7S. The number of carbonyl (C=O) groups excluding carboxylic acids is 1. The zero-order valence-electron chi connectivity index (χ0n) is 23.2. The van der Waals surface area contributed by atoms with Crippen LogP contribution in [0.5, 0.6) is 23.0 Å². The van der Waals surface area contributed by atoms with E-state index in [4.69, 9.17) is 23.9 Å². The Morgan fingerprint density at radius 3 is 2.40 bits per heavy atom. The maximum atomic E-state index is 14.1. The summed E-state index contributed by atoms with van der Waals surface area (Å²) in [6.07, 6.45) is 1.58. The Bertz CT molecular complexity index is 1880. The van der Waals surface area contributed by atoms with Crippen LogP contribution in [0.15, 0.2) is 80.5 Å². The Morgan fingerprint density at radius 1 is 1.02 bits per heavy atom. The molecule has 1 aromatic heterocycles. The van der Waals surface area contributed by atoms with Gasteiger partial charge in [-0.05, 0) is 42.8 Å². The Balaban J connectivity index is 1.86. The van der Waals surface area contributed by atoms with Crippen LogP contribution in [0.4, 0.5) is 0 Å². The minimum atomic E-state index is -0.900. The first kappa shape index (κ1) is 29.2. The molecule has 0 unspecified atom stereocenters. The molecule has 42 heavy (non-hydrogen) atoms. The first-order valence-corrected chi connectivity index (χ1v) is 14.5. The van der Waals surface area contributed by atoms with Gasteiger partial charge in [0.05, 0.1) is 49.8 Å². The number of esters is 1. The third-order valence-electron chi connectivity index (χ3n) is 6.67. The van der Waals surface area contributed by atoms with Gasteiger partial charge in [0.25, 0.3) is 5.56 Å². The molecule has 0 aliphatic carbocycles. The number of rotatable bonds is 8. The van der Waals surface area contributed by atoms with Crippen molar-refractivity contribution in [2.24, 2.45) is 4.99 Å². The molecule has 5 rings (SSSR count). The summed E-state index contributed by atoms with van der Waals surface area (Å²) in [7, 11) is 4.50. The molecule has 0 spiro atoms. The lowest BCUT2D eigenvalue weighted by atomic mass is 9.93. The van der Waals surface area contributed by atoms with Crippen molar-refractivity contribution in [2.75, 3.05) is 27.9 Å². The zero-order valence-corrected chi connectivity index (χ0v) is 25.6. The highest BCUT2D eigenvalue weighted by Crippen LogP contribution is 2.39. The highest BCUT2D eigenvalue weighted by Gasteiger charge is 2.35. The van der Waals surface area contributed by atoms with Crippen LogP contribution in [0.2, 0.25) is 0 Å². The lowest BCUT2D eigenvalue weighted by molar-refractivity contribution is -0.138. The fourth-order valence-electron chi connectivity index (χ4n) is 4.78. The van der Waals surface area contributed by atoms with Crippen molar-refractivity contribution in [2.45, 2.75) is 13.0 Å². The number of aromatic hydroxyl groups is 1. The van der Waals surface area contributed by atoms with Crippen LogP contribution in [0.25, 0.3) is 11.8 Å². The van der Waals surface area contributed by atoms with Gasteiger partial charge >= 0.3 is 5.97 Å². The molecule has 216 valence electrons. The van der Waals surface area contributed by atoms with Gasteiger partial charge in [0.2, 0.25) is 0 Å². The summed E-state index contributed by atoms with van der Waals surface area (Å²) in [5.74, 6) is 0.480. The molecule has 3 aromatic carbocycles. The number of phenols is 1. The van der Waals surface area contributed by atoms with Gasteiger partial charge < -0.3 is 24.1 Å². The number of hydrogen-bond acceptors (Lipinski definition) is 9. The van der Waals surface area contributed by atoms with Gasteiger partial charge in [-0.1, -0.05) is 63.7 Å². The summed E-state index contributed by atoms with van der Waals surface area (Å²) < 4.78 is 24.2. The molecule has 9 nitrogen and oxygen atoms in total. The summed E-state index contributed by atoms with van der Waals surface area (Å²) in [4.78, 5) is 33.0. The number of halogens is 1. The number of thiazole rings is 1. The lowest BCUT2D eigenvalue weighted by Gasteiger charge is -2.26. The van der Waals surface area contributed by atoms with Crippen LogP contribution in [0.1, 0.15) is 29.7 Å². The van der Waals surface area contributed by atoms with Crippen LogP contribution in [-0.4, -0.2) is 43.6 Å². The van der Waals surface area contributed by atoms with E-state index < -0.39 is 17.6 Å². The molecule has 0 saturated heterocycles. The van der Waals surface area contributed by atoms with E-state index in [2.05, 4.69) is 15.9 Å². The van der Waals surface area contributed by atoms with Gasteiger partial charge in [-0.15, -0.1) is 0 Å². The van der Waals surface area contributed by atoms with E-state index in [-0.39, 0.29) is 23.7 Å². The Hall–Kier alpha value is -4.35. The Kier molecular flexibility index (Phi) is 8.51. The topological polar surface area (TPSA) is 109 Å². The monoisotopic (exact) mass is 650 g/mol. The van der Waals surface area contributed by atoms with Gasteiger partial charge in [0.1, 0.15) is 0 Å². The summed E-state index contributed by atoms with van der Waals surface area (Å²) >= 11 is 4.57. The number of hydrogen-bond donors (Lipinski definition) is 1. The van der Waals surface area contributed by atoms with E-state index in [1.807, 2.05) is 30.3 Å². The molecule has 11 heteroatoms. The van der Waals surface area contributed by atoms with E-state index in [1.54, 1.807) is 43.3 Å². The maximum Gasteiger partial charge on any atom is 0.338 e. The van der Waals surface area contributed by atoms with Crippen molar-refractivity contribution in [3.63, 3.8) is 0 Å². The summed E-state index contributed by atoms with van der Waals surface area (Å²) in [5.41, 5.74) is 1.87. The van der Waals surface area contributed by atoms with Crippen LogP contribution >= 0.6 is 27.3 Å². The fourth-order valence-corrected chi connectivity index (χ4v) is 6.23. The minimum absolute atomic E-state index is 0.111. The van der Waals surface area contributed by atoms with Gasteiger partial charge in [-0.25, -0.2) is 9.79 Å². The molecular weight excluding hydrogens is 624 g/mol. The van der Waals surface area contributed by atoms with E-state index in [9.17, 15) is 14.7 Å². The lowest BCUT2D eigenvalue weighted by Crippen LogP contribution is -2.40. The maximum absolute atomic E-state index is 14.1. The second-order valence-corrected chi connectivity index (χ2v) is 11.0. The van der Waals surface area contributed by atoms with Crippen LogP contribution in [0, 0.1) is 0 Å². The van der Waals surface area contributed by atoms with E-state index in [0.717, 1.165) is 11.3 Å². The summed E-state index contributed by atoms with van der Waals surface area (Å²) in [5, 5.41) is 10.8. The molecule has 0 saturated carbocycles. The second kappa shape index (κ2) is 12.3. The summed E-state index contributed by atoms with van der Waals surface area (Å²) in [6.45, 7) is 1.86. The van der Waals surface area contributed by atoms with Gasteiger partial charge in [0.15, 0.2) is 27.8 Å². The van der Waals surface area contributed by atoms with Gasteiger partial charge in [0, 0.05) is 15.6 Å². The molecule has 4 aromatic rings. The van der Waals surface area contributed by atoms with E-state index >= 15 is 0 Å². The standard InChI is InChI=1S/C31H27BrN2O7S/c1-5-41-30(37)25-26(17-9-7-6-8-10-17)33-31-34(27(25)18-11-12-21(38-2)22(14-18)39-3)29(36)24(42-31)15-19-13-20(32)16-23(40-4)28(19)35/h6-16,27,35H,5H2,1-4H3/b24-15-/t27-/m0/s1. The van der Waals surface area contributed by atoms with Crippen molar-refractivity contribution in [1.82, 2.24) is 4.57 Å². The van der Waals surface area contributed by atoms with Gasteiger partial charge in [-0.3, -0.25) is 9.36 Å². The highest BCUT2D eigenvalue weighted by molar-refractivity contribution is 9.10. The molecule has 1 aliphatic rings. The Labute approximate surface area is 253 Å². The Morgan fingerprint density at radius 2 is 1.74 bits per heavy atom. The van der Waals surface area contributed by atoms with Gasteiger partial charge in [-0.2, -0.15) is 0 Å². The molecule has 1 aliphatic heterocycles. The first-order valence-electron chi connectivity index (χ1n) is 12.9. The number of nitrogens with zero attached hydrogens (tertiary/aromatic N) is 2. The minimum Gasteiger partial charge on any atom is -0.504 e. The van der Waals surface area contributed by atoms with Crippen LogP contribution < -0.4 is 29.1 Å². The van der Waals surface area contributed by atoms with Crippen molar-refractivity contribution in [1.29, 1.82) is 0 Å². The third kappa shape index (κ3) is 5.33. The number of carbonyl (C=O) groups is 1. The molecule has 0 bridgehead atoms. The molecule has 0 amide bonds. The number of benzene rings is 3. The first-order chi connectivity index (χ1) is 20.3. The van der Waals surface area contributed by atoms with E-state index in [0.29, 0.717) is 47.7 Å². The van der Waals surface area contributed by atoms with Crippen molar-refractivity contribution < 1.29 is 28.8 Å². The number of aromatic nitrogens is 1. The van der Waals surface area contributed by atoms with Crippen molar-refractivity contribution in [3.8, 4) is 23.0 Å². The zero-order chi connectivity index (χ0) is 30.0. The van der Waals surface area contributed by atoms with Crippen molar-refractivity contribution in [3.05, 3.63) is 107 Å². The average molecular weight is 652 g/mol. The quantitative estimate of drug-likeness (QED) is 0.281. The number of phenolic OH excluding ortho intramolecular Hbond substituents is 1. The number of fused-ring (bicyclic) bond motifs is 1. The molecule has 1 atom stereocenters. The normalized spacial score (nSPS) is 14.7. The second-order valence-electron chi connectivity index (χ2n) is 9.09. The predicted molar refractivity (Wildman–Crippen MR) is 163 cm³/mol.